The van der Waals surface area contributed by atoms with Crippen LogP contribution in [0.3, 0.4) is 0 Å². The number of phenols is 1. The standard InChI is InChI=1S/C34H35Cl2FN4O4.CH2O2/c1-19-12-24(36)33-27(13-19)41(15-22-8-11-45-22)31(38-33)16-39-9-10-40(29-18-44-17-28(29)39)26-4-3-5-30(42)32(26)34(43)20(2)23-7-6-21(35)14-25(23)37;2-1-3/h3-7,12-14,20,22,28-29,42H,8-11,15-18H2,1-2H3;1H,(H,2,3). The normalized spacial score (nSPS) is 21.3. The highest BCUT2D eigenvalue weighted by Gasteiger charge is 2.43. The van der Waals surface area contributed by atoms with Crippen molar-refractivity contribution < 1.29 is 33.7 Å². The summed E-state index contributed by atoms with van der Waals surface area (Å²) in [6, 6.07) is 13.4. The number of nitrogens with zero attached hydrogens (tertiary/aromatic N) is 4. The summed E-state index contributed by atoms with van der Waals surface area (Å²) in [5.41, 5.74) is 3.93. The number of ether oxygens (including phenoxy) is 2. The van der Waals surface area contributed by atoms with Crippen LogP contribution in [0.4, 0.5) is 10.1 Å². The van der Waals surface area contributed by atoms with E-state index < -0.39 is 11.7 Å². The maximum Gasteiger partial charge on any atom is 0.290 e. The fraction of sp³-hybridized carbons (Fsp3) is 0.400. The van der Waals surface area contributed by atoms with Gasteiger partial charge in [-0.3, -0.25) is 14.5 Å². The molecule has 3 aliphatic heterocycles. The summed E-state index contributed by atoms with van der Waals surface area (Å²) in [5, 5.41) is 18.8. The van der Waals surface area contributed by atoms with Gasteiger partial charge >= 0.3 is 0 Å². The molecule has 48 heavy (non-hydrogen) atoms. The second-order valence-electron chi connectivity index (χ2n) is 12.4. The Balaban J connectivity index is 0.00000129. The molecule has 4 aromatic rings. The van der Waals surface area contributed by atoms with Crippen molar-refractivity contribution in [2.75, 3.05) is 37.8 Å². The SMILES string of the molecule is Cc1cc(Cl)c2nc(CN3CCN(c4cccc(O)c4C(=O)C(C)c4ccc(Cl)cc4F)C4COCC43)n(CC3CCO3)c2c1.O=CO. The lowest BCUT2D eigenvalue weighted by molar-refractivity contribution is -0.122. The summed E-state index contributed by atoms with van der Waals surface area (Å²) in [6.45, 7) is 7.83. The largest absolute Gasteiger partial charge is 0.507 e. The number of hydrogen-bond acceptors (Lipinski definition) is 8. The third-order valence-electron chi connectivity index (χ3n) is 9.47. The van der Waals surface area contributed by atoms with Crippen LogP contribution in [-0.2, 0) is 27.4 Å². The van der Waals surface area contributed by atoms with E-state index in [9.17, 15) is 14.3 Å². The van der Waals surface area contributed by atoms with Crippen molar-refractivity contribution in [2.24, 2.45) is 0 Å². The highest BCUT2D eigenvalue weighted by molar-refractivity contribution is 6.35. The van der Waals surface area contributed by atoms with Gasteiger partial charge in [0.2, 0.25) is 0 Å². The predicted molar refractivity (Wildman–Crippen MR) is 181 cm³/mol. The molecule has 2 N–H and O–H groups in total. The van der Waals surface area contributed by atoms with E-state index in [-0.39, 0.29) is 52.3 Å². The monoisotopic (exact) mass is 698 g/mol. The molecule has 3 aliphatic rings. The van der Waals surface area contributed by atoms with Crippen LogP contribution < -0.4 is 4.90 Å². The molecular weight excluding hydrogens is 662 g/mol. The molecule has 4 unspecified atom stereocenters. The summed E-state index contributed by atoms with van der Waals surface area (Å²) in [5.74, 6) is -0.935. The van der Waals surface area contributed by atoms with Gasteiger partial charge in [-0.05, 0) is 60.9 Å². The molecule has 3 fully saturated rings. The summed E-state index contributed by atoms with van der Waals surface area (Å²) in [6.07, 6.45) is 1.18. The zero-order valence-electron chi connectivity index (χ0n) is 26.6. The average Bonchev–Trinajstić information content (AvgIpc) is 3.65. The molecule has 3 aromatic carbocycles. The first-order chi connectivity index (χ1) is 23.1. The number of halogens is 3. The third-order valence-corrected chi connectivity index (χ3v) is 10.00. The zero-order chi connectivity index (χ0) is 34.1. The van der Waals surface area contributed by atoms with Gasteiger partial charge in [-0.15, -0.1) is 0 Å². The van der Waals surface area contributed by atoms with E-state index >= 15 is 0 Å². The quantitative estimate of drug-likeness (QED) is 0.167. The van der Waals surface area contributed by atoms with Crippen molar-refractivity contribution in [3.05, 3.63) is 86.9 Å². The third kappa shape index (κ3) is 6.62. The number of anilines is 1. The number of aryl methyl sites for hydroxylation is 1. The Hall–Kier alpha value is -3.74. The lowest BCUT2D eigenvalue weighted by Crippen LogP contribution is -2.59. The number of carbonyl (C=O) groups is 2. The van der Waals surface area contributed by atoms with Gasteiger partial charge in [-0.2, -0.15) is 0 Å². The van der Waals surface area contributed by atoms with E-state index in [1.54, 1.807) is 19.1 Å². The van der Waals surface area contributed by atoms with E-state index in [0.717, 1.165) is 42.0 Å². The number of imidazole rings is 1. The molecule has 0 radical (unpaired) electrons. The molecule has 3 saturated heterocycles. The van der Waals surface area contributed by atoms with Crippen LogP contribution in [0.1, 0.15) is 46.6 Å². The average molecular weight is 700 g/mol. The smallest absolute Gasteiger partial charge is 0.290 e. The fourth-order valence-electron chi connectivity index (χ4n) is 6.97. The number of aromatic hydroxyl groups is 1. The minimum absolute atomic E-state index is 0.0283. The number of fused-ring (bicyclic) bond motifs is 2. The number of benzene rings is 3. The molecule has 1 aromatic heterocycles. The van der Waals surface area contributed by atoms with E-state index in [4.69, 9.17) is 47.6 Å². The Kier molecular flexibility index (Phi) is 10.2. The first-order valence-corrected chi connectivity index (χ1v) is 16.6. The minimum Gasteiger partial charge on any atom is -0.507 e. The van der Waals surface area contributed by atoms with E-state index in [1.165, 1.54) is 18.2 Å². The minimum atomic E-state index is -0.825. The summed E-state index contributed by atoms with van der Waals surface area (Å²) in [4.78, 5) is 31.8. The van der Waals surface area contributed by atoms with Crippen LogP contribution in [0.2, 0.25) is 10.0 Å². The molecule has 0 saturated carbocycles. The van der Waals surface area contributed by atoms with Gasteiger partial charge in [0.15, 0.2) is 5.78 Å². The molecule has 13 heteroatoms. The molecule has 7 rings (SSSR count). The molecule has 10 nitrogen and oxygen atoms in total. The number of ketones is 1. The summed E-state index contributed by atoms with van der Waals surface area (Å²) < 4.78 is 28.9. The van der Waals surface area contributed by atoms with Gasteiger partial charge in [0.05, 0.1) is 66.3 Å². The summed E-state index contributed by atoms with van der Waals surface area (Å²) in [7, 11) is 0. The van der Waals surface area contributed by atoms with Crippen LogP contribution in [-0.4, -0.2) is 88.0 Å². The Morgan fingerprint density at radius 3 is 2.60 bits per heavy atom. The second-order valence-corrected chi connectivity index (χ2v) is 13.2. The fourth-order valence-corrected chi connectivity index (χ4v) is 7.44. The Bertz CT molecular complexity index is 1830. The molecule has 0 bridgehead atoms. The molecule has 0 amide bonds. The van der Waals surface area contributed by atoms with Crippen LogP contribution >= 0.6 is 23.2 Å². The Morgan fingerprint density at radius 2 is 1.90 bits per heavy atom. The van der Waals surface area contributed by atoms with Crippen molar-refractivity contribution in [3.63, 3.8) is 0 Å². The van der Waals surface area contributed by atoms with Crippen molar-refractivity contribution >= 4 is 52.2 Å². The topological polar surface area (TPSA) is 117 Å². The van der Waals surface area contributed by atoms with Crippen molar-refractivity contribution in [2.45, 2.75) is 57.5 Å². The highest BCUT2D eigenvalue weighted by Crippen LogP contribution is 2.38. The lowest BCUT2D eigenvalue weighted by Gasteiger charge is -2.45. The number of hydrogen-bond donors (Lipinski definition) is 2. The highest BCUT2D eigenvalue weighted by atomic mass is 35.5. The number of piperazine rings is 1. The van der Waals surface area contributed by atoms with Crippen molar-refractivity contribution in [1.82, 2.24) is 14.5 Å². The molecule has 0 spiro atoms. The maximum absolute atomic E-state index is 14.8. The zero-order valence-corrected chi connectivity index (χ0v) is 28.1. The molecule has 254 valence electrons. The number of rotatable bonds is 8. The molecule has 4 atom stereocenters. The first-order valence-electron chi connectivity index (χ1n) is 15.9. The first kappa shape index (κ1) is 34.1. The van der Waals surface area contributed by atoms with Gasteiger partial charge in [-0.1, -0.05) is 42.3 Å². The van der Waals surface area contributed by atoms with Crippen LogP contribution in [0.25, 0.3) is 11.0 Å². The van der Waals surface area contributed by atoms with Crippen LogP contribution in [0, 0.1) is 12.7 Å². The van der Waals surface area contributed by atoms with Gasteiger partial charge < -0.3 is 29.2 Å². The van der Waals surface area contributed by atoms with Crippen LogP contribution in [0.5, 0.6) is 5.75 Å². The summed E-state index contributed by atoms with van der Waals surface area (Å²) >= 11 is 12.6. The molecule has 0 aliphatic carbocycles. The molecular formula is C35H37Cl2FN4O6. The van der Waals surface area contributed by atoms with E-state index in [1.807, 2.05) is 19.1 Å². The number of carbonyl (C=O) groups excluding carboxylic acids is 1. The van der Waals surface area contributed by atoms with Gasteiger partial charge in [0.25, 0.3) is 6.47 Å². The maximum atomic E-state index is 14.8. The van der Waals surface area contributed by atoms with Gasteiger partial charge in [0.1, 0.15) is 22.9 Å². The molecule has 4 heterocycles. The van der Waals surface area contributed by atoms with Crippen LogP contribution in [0.15, 0.2) is 48.5 Å². The second kappa shape index (κ2) is 14.4. The Labute approximate surface area is 287 Å². The van der Waals surface area contributed by atoms with Crippen molar-refractivity contribution in [3.8, 4) is 5.75 Å². The van der Waals surface area contributed by atoms with Gasteiger partial charge in [0, 0.05) is 30.6 Å². The Morgan fingerprint density at radius 1 is 1.15 bits per heavy atom. The number of phenolic OH excluding ortho intramolecular Hbond substituents is 1. The number of aromatic nitrogens is 2. The number of carboxylic acid groups (broad SMARTS) is 1. The van der Waals surface area contributed by atoms with Gasteiger partial charge in [-0.25, -0.2) is 9.37 Å². The van der Waals surface area contributed by atoms with E-state index in [0.29, 0.717) is 43.6 Å². The lowest BCUT2D eigenvalue weighted by atomic mass is 9.89. The predicted octanol–water partition coefficient (Wildman–Crippen LogP) is 6.06. The van der Waals surface area contributed by atoms with E-state index in [2.05, 4.69) is 20.4 Å². The number of Topliss-reactive ketones (excluding diaryl/α,β-unsaturated/α-hetero) is 1. The van der Waals surface area contributed by atoms with Crippen molar-refractivity contribution in [1.29, 1.82) is 0 Å².